The molecule has 0 aliphatic rings. The number of rotatable bonds is 1. The third kappa shape index (κ3) is 1.85. The molecule has 0 N–H and O–H groups in total. The number of pyridine rings is 1. The highest BCUT2D eigenvalue weighted by Gasteiger charge is 2.16. The Morgan fingerprint density at radius 2 is 2.17 bits per heavy atom. The SMILES string of the molecule is Cc1cnc(C(F)F)c(Cl)c1I. The molecule has 0 fully saturated rings. The molecule has 0 radical (unpaired) electrons. The van der Waals surface area contributed by atoms with Gasteiger partial charge in [0.1, 0.15) is 5.69 Å². The van der Waals surface area contributed by atoms with Crippen molar-refractivity contribution in [3.05, 3.63) is 26.0 Å². The summed E-state index contributed by atoms with van der Waals surface area (Å²) in [5.74, 6) is 0. The maximum absolute atomic E-state index is 12.2. The van der Waals surface area contributed by atoms with Crippen molar-refractivity contribution in [1.29, 1.82) is 0 Å². The molecule has 66 valence electrons. The predicted octanol–water partition coefficient (Wildman–Crippen LogP) is 3.59. The smallest absolute Gasteiger partial charge is 0.253 e. The maximum atomic E-state index is 12.2. The summed E-state index contributed by atoms with van der Waals surface area (Å²) in [6, 6.07) is 0. The van der Waals surface area contributed by atoms with E-state index >= 15 is 0 Å². The normalized spacial score (nSPS) is 10.8. The number of halogens is 4. The summed E-state index contributed by atoms with van der Waals surface area (Å²) in [4.78, 5) is 3.55. The van der Waals surface area contributed by atoms with Gasteiger partial charge < -0.3 is 0 Å². The van der Waals surface area contributed by atoms with E-state index in [0.29, 0.717) is 3.57 Å². The lowest BCUT2D eigenvalue weighted by Gasteiger charge is -2.05. The van der Waals surface area contributed by atoms with Gasteiger partial charge in [0, 0.05) is 9.77 Å². The monoisotopic (exact) mass is 303 g/mol. The van der Waals surface area contributed by atoms with Gasteiger partial charge in [-0.3, -0.25) is 4.98 Å². The van der Waals surface area contributed by atoms with Crippen LogP contribution in [-0.4, -0.2) is 4.98 Å². The molecule has 0 aliphatic carbocycles. The first-order valence-electron chi connectivity index (χ1n) is 3.12. The van der Waals surface area contributed by atoms with Gasteiger partial charge in [-0.15, -0.1) is 0 Å². The van der Waals surface area contributed by atoms with E-state index in [0.717, 1.165) is 5.56 Å². The first-order chi connectivity index (χ1) is 5.54. The third-order valence-corrected chi connectivity index (χ3v) is 3.46. The fourth-order valence-corrected chi connectivity index (χ4v) is 1.41. The maximum Gasteiger partial charge on any atom is 0.281 e. The summed E-state index contributed by atoms with van der Waals surface area (Å²) in [6.07, 6.45) is -1.21. The van der Waals surface area contributed by atoms with Crippen LogP contribution in [0.25, 0.3) is 0 Å². The minimum atomic E-state index is -2.60. The van der Waals surface area contributed by atoms with E-state index in [1.54, 1.807) is 6.92 Å². The Hall–Kier alpha value is 0.0300. The Bertz CT molecular complexity index is 304. The molecule has 1 aromatic rings. The molecule has 1 nitrogen and oxygen atoms in total. The van der Waals surface area contributed by atoms with Crippen LogP contribution < -0.4 is 0 Å². The van der Waals surface area contributed by atoms with Crippen LogP contribution >= 0.6 is 34.2 Å². The molecular formula is C7H5ClF2IN. The van der Waals surface area contributed by atoms with E-state index in [4.69, 9.17) is 11.6 Å². The van der Waals surface area contributed by atoms with Crippen molar-refractivity contribution in [2.75, 3.05) is 0 Å². The van der Waals surface area contributed by atoms with Gasteiger partial charge in [0.05, 0.1) is 5.02 Å². The topological polar surface area (TPSA) is 12.9 Å². The van der Waals surface area contributed by atoms with Crippen molar-refractivity contribution in [3.8, 4) is 0 Å². The summed E-state index contributed by atoms with van der Waals surface area (Å²) in [5.41, 5.74) is 0.469. The van der Waals surface area contributed by atoms with Gasteiger partial charge in [-0.2, -0.15) is 0 Å². The molecule has 1 heterocycles. The van der Waals surface area contributed by atoms with Crippen LogP contribution in [0.3, 0.4) is 0 Å². The summed E-state index contributed by atoms with van der Waals surface area (Å²) >= 11 is 7.57. The first-order valence-corrected chi connectivity index (χ1v) is 4.58. The van der Waals surface area contributed by atoms with Gasteiger partial charge in [-0.25, -0.2) is 8.78 Å². The molecule has 0 unspecified atom stereocenters. The van der Waals surface area contributed by atoms with Crippen LogP contribution in [0, 0.1) is 10.5 Å². The van der Waals surface area contributed by atoms with Gasteiger partial charge in [0.25, 0.3) is 6.43 Å². The summed E-state index contributed by atoms with van der Waals surface area (Å²) in [5, 5.41) is 0.0607. The zero-order valence-electron chi connectivity index (χ0n) is 6.11. The highest BCUT2D eigenvalue weighted by molar-refractivity contribution is 14.1. The van der Waals surface area contributed by atoms with Gasteiger partial charge in [0.15, 0.2) is 0 Å². The summed E-state index contributed by atoms with van der Waals surface area (Å²) < 4.78 is 25.0. The standard InChI is InChI=1S/C7H5ClF2IN/c1-3-2-12-6(7(9)10)4(8)5(3)11/h2,7H,1H3. The third-order valence-electron chi connectivity index (χ3n) is 1.37. The van der Waals surface area contributed by atoms with E-state index in [2.05, 4.69) is 4.98 Å². The molecule has 12 heavy (non-hydrogen) atoms. The average Bonchev–Trinajstić information content (AvgIpc) is 2.00. The molecule has 5 heteroatoms. The highest BCUT2D eigenvalue weighted by Crippen LogP contribution is 2.30. The minimum Gasteiger partial charge on any atom is -0.253 e. The molecule has 1 aromatic heterocycles. The number of aryl methyl sites for hydroxylation is 1. The molecule has 0 aliphatic heterocycles. The van der Waals surface area contributed by atoms with Crippen LogP contribution in [-0.2, 0) is 0 Å². The molecule has 0 saturated heterocycles. The Morgan fingerprint density at radius 3 is 2.67 bits per heavy atom. The van der Waals surface area contributed by atoms with Gasteiger partial charge >= 0.3 is 0 Å². The zero-order chi connectivity index (χ0) is 9.30. The summed E-state index contributed by atoms with van der Waals surface area (Å²) in [6.45, 7) is 1.77. The lowest BCUT2D eigenvalue weighted by Crippen LogP contribution is -1.95. The number of alkyl halides is 2. The van der Waals surface area contributed by atoms with E-state index in [9.17, 15) is 8.78 Å². The Balaban J connectivity index is 3.27. The fourth-order valence-electron chi connectivity index (χ4n) is 0.717. The number of aromatic nitrogens is 1. The second-order valence-electron chi connectivity index (χ2n) is 2.26. The van der Waals surface area contributed by atoms with Crippen LogP contribution in [0.4, 0.5) is 8.78 Å². The first kappa shape index (κ1) is 10.1. The lowest BCUT2D eigenvalue weighted by atomic mass is 10.3. The molecule has 0 aromatic carbocycles. The predicted molar refractivity (Wildman–Crippen MR) is 51.7 cm³/mol. The number of nitrogens with zero attached hydrogens (tertiary/aromatic N) is 1. The second-order valence-corrected chi connectivity index (χ2v) is 3.71. The molecule has 0 saturated carbocycles. The molecule has 0 bridgehead atoms. The van der Waals surface area contributed by atoms with Crippen molar-refractivity contribution in [2.24, 2.45) is 0 Å². The van der Waals surface area contributed by atoms with Crippen molar-refractivity contribution >= 4 is 34.2 Å². The van der Waals surface area contributed by atoms with E-state index in [1.165, 1.54) is 6.20 Å². The summed E-state index contributed by atoms with van der Waals surface area (Å²) in [7, 11) is 0. The number of hydrogen-bond acceptors (Lipinski definition) is 1. The quantitative estimate of drug-likeness (QED) is 0.723. The Labute approximate surface area is 87.3 Å². The molecule has 0 atom stereocenters. The van der Waals surface area contributed by atoms with E-state index in [1.807, 2.05) is 22.6 Å². The van der Waals surface area contributed by atoms with Crippen LogP contribution in [0.2, 0.25) is 5.02 Å². The van der Waals surface area contributed by atoms with E-state index in [-0.39, 0.29) is 10.7 Å². The van der Waals surface area contributed by atoms with E-state index < -0.39 is 6.43 Å². The van der Waals surface area contributed by atoms with Crippen molar-refractivity contribution in [1.82, 2.24) is 4.98 Å². The second kappa shape index (κ2) is 3.83. The lowest BCUT2D eigenvalue weighted by molar-refractivity contribution is 0.146. The zero-order valence-corrected chi connectivity index (χ0v) is 9.03. The largest absolute Gasteiger partial charge is 0.281 e. The molecular weight excluding hydrogens is 298 g/mol. The molecule has 0 amide bonds. The van der Waals surface area contributed by atoms with Crippen molar-refractivity contribution in [3.63, 3.8) is 0 Å². The van der Waals surface area contributed by atoms with Crippen LogP contribution in [0.15, 0.2) is 6.20 Å². The van der Waals surface area contributed by atoms with Gasteiger partial charge in [-0.1, -0.05) is 11.6 Å². The van der Waals surface area contributed by atoms with Gasteiger partial charge in [0.2, 0.25) is 0 Å². The highest BCUT2D eigenvalue weighted by atomic mass is 127. The number of hydrogen-bond donors (Lipinski definition) is 0. The minimum absolute atomic E-state index is 0.0607. The van der Waals surface area contributed by atoms with Crippen LogP contribution in [0.5, 0.6) is 0 Å². The van der Waals surface area contributed by atoms with Crippen molar-refractivity contribution in [2.45, 2.75) is 13.3 Å². The molecule has 1 rings (SSSR count). The molecule has 0 spiro atoms. The Morgan fingerprint density at radius 1 is 1.58 bits per heavy atom. The van der Waals surface area contributed by atoms with Crippen LogP contribution in [0.1, 0.15) is 17.7 Å². The Kier molecular flexibility index (Phi) is 3.22. The average molecular weight is 303 g/mol. The van der Waals surface area contributed by atoms with Gasteiger partial charge in [-0.05, 0) is 35.1 Å². The fraction of sp³-hybridized carbons (Fsp3) is 0.286. The van der Waals surface area contributed by atoms with Crippen molar-refractivity contribution < 1.29 is 8.78 Å².